The van der Waals surface area contributed by atoms with Crippen LogP contribution in [0.1, 0.15) is 17.8 Å². The third-order valence-corrected chi connectivity index (χ3v) is 2.42. The van der Waals surface area contributed by atoms with E-state index in [0.29, 0.717) is 0 Å². The largest absolute Gasteiger partial charge is 0.449 e. The van der Waals surface area contributed by atoms with Gasteiger partial charge in [0.15, 0.2) is 5.65 Å². The number of hydrogen-bond donors (Lipinski definition) is 0. The van der Waals surface area contributed by atoms with E-state index in [4.69, 9.17) is 5.26 Å². The smallest absolute Gasteiger partial charge is 0.304 e. The van der Waals surface area contributed by atoms with Crippen molar-refractivity contribution in [2.45, 2.75) is 26.1 Å². The Bertz CT molecular complexity index is 621. The zero-order chi connectivity index (χ0) is 13.3. The van der Waals surface area contributed by atoms with Crippen LogP contribution in [0.25, 0.3) is 11.2 Å². The van der Waals surface area contributed by atoms with Gasteiger partial charge in [-0.15, -0.1) is 0 Å². The average Bonchev–Trinajstić information content (AvgIpc) is 2.63. The fraction of sp³-hybridized carbons (Fsp3) is 0.364. The number of imidazole rings is 1. The summed E-state index contributed by atoms with van der Waals surface area (Å²) in [5.41, 5.74) is 1.09. The molecule has 0 atom stereocenters. The number of nitrogens with zero attached hydrogens (tertiary/aromatic N) is 4. The molecule has 4 nitrogen and oxygen atoms in total. The van der Waals surface area contributed by atoms with Crippen molar-refractivity contribution in [3.8, 4) is 6.07 Å². The van der Waals surface area contributed by atoms with E-state index in [2.05, 4.69) is 9.97 Å². The molecule has 0 radical (unpaired) electrons. The summed E-state index contributed by atoms with van der Waals surface area (Å²) in [6.45, 7) is 1.66. The van der Waals surface area contributed by atoms with Crippen LogP contribution in [0, 0.1) is 18.3 Å². The molecule has 2 aromatic rings. The first-order valence-corrected chi connectivity index (χ1v) is 5.20. The molecule has 94 valence electrons. The lowest BCUT2D eigenvalue weighted by Gasteiger charge is -2.08. The summed E-state index contributed by atoms with van der Waals surface area (Å²) in [4.78, 5) is 7.52. The van der Waals surface area contributed by atoms with Gasteiger partial charge < -0.3 is 4.57 Å². The average molecular weight is 254 g/mol. The van der Waals surface area contributed by atoms with Crippen molar-refractivity contribution < 1.29 is 13.2 Å². The quantitative estimate of drug-likeness (QED) is 0.827. The van der Waals surface area contributed by atoms with E-state index < -0.39 is 12.0 Å². The van der Waals surface area contributed by atoms with E-state index >= 15 is 0 Å². The minimum atomic E-state index is -4.55. The zero-order valence-electron chi connectivity index (χ0n) is 9.49. The number of hydrogen-bond acceptors (Lipinski definition) is 3. The highest BCUT2D eigenvalue weighted by molar-refractivity contribution is 5.72. The van der Waals surface area contributed by atoms with Crippen molar-refractivity contribution in [3.63, 3.8) is 0 Å². The van der Waals surface area contributed by atoms with Gasteiger partial charge in [-0.3, -0.25) is 0 Å². The van der Waals surface area contributed by atoms with Crippen molar-refractivity contribution >= 4 is 11.2 Å². The van der Waals surface area contributed by atoms with E-state index in [0.717, 1.165) is 10.1 Å². The molecule has 0 aliphatic rings. The summed E-state index contributed by atoms with van der Waals surface area (Å²) in [6, 6.07) is 3.36. The van der Waals surface area contributed by atoms with Crippen LogP contribution in [0.15, 0.2) is 12.3 Å². The monoisotopic (exact) mass is 254 g/mol. The standard InChI is InChI=1S/C11H9F3N4/c1-7-5-8-9(16-6-7)18(4-2-3-15)10(17-8)11(12,13)14/h5-6H,2,4H2,1H3. The first-order valence-electron chi connectivity index (χ1n) is 5.20. The summed E-state index contributed by atoms with van der Waals surface area (Å²) in [7, 11) is 0. The molecule has 0 N–H and O–H groups in total. The molecule has 0 saturated heterocycles. The Morgan fingerprint density at radius 3 is 2.78 bits per heavy atom. The van der Waals surface area contributed by atoms with E-state index in [1.54, 1.807) is 13.0 Å². The molecule has 0 bridgehead atoms. The van der Waals surface area contributed by atoms with Crippen LogP contribution in [-0.2, 0) is 12.7 Å². The normalized spacial score (nSPS) is 11.7. The first kappa shape index (κ1) is 12.4. The Morgan fingerprint density at radius 2 is 2.17 bits per heavy atom. The zero-order valence-corrected chi connectivity index (χ0v) is 9.49. The Balaban J connectivity index is 2.65. The maximum absolute atomic E-state index is 12.8. The molecule has 0 spiro atoms. The Kier molecular flexibility index (Phi) is 2.95. The predicted octanol–water partition coefficient (Wildman–Crippen LogP) is 2.67. The highest BCUT2D eigenvalue weighted by Crippen LogP contribution is 2.31. The SMILES string of the molecule is Cc1cnc2c(c1)nc(C(F)(F)F)n2CCC#N. The van der Waals surface area contributed by atoms with Gasteiger partial charge in [-0.25, -0.2) is 9.97 Å². The van der Waals surface area contributed by atoms with Crippen LogP contribution in [-0.4, -0.2) is 14.5 Å². The second-order valence-electron chi connectivity index (χ2n) is 3.85. The van der Waals surface area contributed by atoms with Crippen LogP contribution in [0.3, 0.4) is 0 Å². The summed E-state index contributed by atoms with van der Waals surface area (Å²) in [5.74, 6) is -1.01. The van der Waals surface area contributed by atoms with Crippen molar-refractivity contribution in [1.82, 2.24) is 14.5 Å². The minimum absolute atomic E-state index is 0.0237. The van der Waals surface area contributed by atoms with E-state index in [-0.39, 0.29) is 24.1 Å². The van der Waals surface area contributed by atoms with Gasteiger partial charge in [0.2, 0.25) is 5.82 Å². The molecule has 0 amide bonds. The van der Waals surface area contributed by atoms with Crippen molar-refractivity contribution in [1.29, 1.82) is 5.26 Å². The molecule has 18 heavy (non-hydrogen) atoms. The maximum atomic E-state index is 12.8. The summed E-state index contributed by atoms with van der Waals surface area (Å²) in [5, 5.41) is 8.49. The number of aryl methyl sites for hydroxylation is 2. The van der Waals surface area contributed by atoms with Crippen molar-refractivity contribution in [2.75, 3.05) is 0 Å². The van der Waals surface area contributed by atoms with Crippen LogP contribution >= 0.6 is 0 Å². The maximum Gasteiger partial charge on any atom is 0.449 e. The molecule has 0 aromatic carbocycles. The molecule has 0 aliphatic carbocycles. The van der Waals surface area contributed by atoms with Gasteiger partial charge in [0.25, 0.3) is 0 Å². The lowest BCUT2D eigenvalue weighted by molar-refractivity contribution is -0.146. The third-order valence-electron chi connectivity index (χ3n) is 2.42. The van der Waals surface area contributed by atoms with Gasteiger partial charge in [0, 0.05) is 12.7 Å². The first-order chi connectivity index (χ1) is 8.43. The molecule has 2 aromatic heterocycles. The number of pyridine rings is 1. The van der Waals surface area contributed by atoms with Gasteiger partial charge >= 0.3 is 6.18 Å². The molecule has 0 aliphatic heterocycles. The number of nitriles is 1. The lowest BCUT2D eigenvalue weighted by atomic mass is 10.3. The van der Waals surface area contributed by atoms with Gasteiger partial charge in [-0.2, -0.15) is 18.4 Å². The lowest BCUT2D eigenvalue weighted by Crippen LogP contribution is -2.15. The van der Waals surface area contributed by atoms with Crippen molar-refractivity contribution in [2.24, 2.45) is 0 Å². The number of halogens is 3. The summed E-state index contributed by atoms with van der Waals surface area (Å²) < 4.78 is 39.4. The topological polar surface area (TPSA) is 54.5 Å². The van der Waals surface area contributed by atoms with Crippen LogP contribution < -0.4 is 0 Å². The van der Waals surface area contributed by atoms with Gasteiger partial charge in [-0.1, -0.05) is 0 Å². The molecule has 0 fully saturated rings. The fourth-order valence-electron chi connectivity index (χ4n) is 1.70. The third kappa shape index (κ3) is 2.14. The Morgan fingerprint density at radius 1 is 1.44 bits per heavy atom. The second-order valence-corrected chi connectivity index (χ2v) is 3.85. The molecular weight excluding hydrogens is 245 g/mol. The van der Waals surface area contributed by atoms with Gasteiger partial charge in [0.05, 0.1) is 12.5 Å². The molecule has 2 rings (SSSR count). The van der Waals surface area contributed by atoms with E-state index in [1.807, 2.05) is 6.07 Å². The number of alkyl halides is 3. The van der Waals surface area contributed by atoms with Crippen molar-refractivity contribution in [3.05, 3.63) is 23.7 Å². The predicted molar refractivity (Wildman–Crippen MR) is 57.5 cm³/mol. The Hall–Kier alpha value is -2.10. The fourth-order valence-corrected chi connectivity index (χ4v) is 1.70. The highest BCUT2D eigenvalue weighted by atomic mass is 19.4. The molecule has 7 heteroatoms. The van der Waals surface area contributed by atoms with Crippen LogP contribution in [0.4, 0.5) is 13.2 Å². The Labute approximate surface area is 101 Å². The van der Waals surface area contributed by atoms with Gasteiger partial charge in [-0.05, 0) is 18.6 Å². The highest BCUT2D eigenvalue weighted by Gasteiger charge is 2.37. The summed E-state index contributed by atoms with van der Waals surface area (Å²) >= 11 is 0. The van der Waals surface area contributed by atoms with Gasteiger partial charge in [0.1, 0.15) is 5.52 Å². The molecule has 0 unspecified atom stereocenters. The minimum Gasteiger partial charge on any atom is -0.304 e. The number of rotatable bonds is 2. The summed E-state index contributed by atoms with van der Waals surface area (Å²) in [6.07, 6.45) is -3.10. The molecule has 0 saturated carbocycles. The van der Waals surface area contributed by atoms with E-state index in [9.17, 15) is 13.2 Å². The van der Waals surface area contributed by atoms with Crippen LogP contribution in [0.5, 0.6) is 0 Å². The van der Waals surface area contributed by atoms with E-state index in [1.165, 1.54) is 6.20 Å². The molecule has 2 heterocycles. The number of aromatic nitrogens is 3. The second kappa shape index (κ2) is 4.29. The van der Waals surface area contributed by atoms with Crippen LogP contribution in [0.2, 0.25) is 0 Å². The molecular formula is C11H9F3N4. The number of fused-ring (bicyclic) bond motifs is 1.